The van der Waals surface area contributed by atoms with Gasteiger partial charge in [-0.05, 0) is 23.9 Å². The van der Waals surface area contributed by atoms with E-state index in [4.69, 9.17) is 65.8 Å². The number of carbonyl (C=O) groups is 4. The molecule has 0 spiro atoms. The maximum Gasteiger partial charge on any atom is 0.238 e. The predicted molar refractivity (Wildman–Crippen MR) is 410 cm³/mol. The van der Waals surface area contributed by atoms with Crippen LogP contribution in [0, 0.1) is 24.7 Å². The molecule has 12 rings (SSSR count). The molecular weight excluding hydrogens is 1520 g/mol. The average Bonchev–Trinajstić information content (AvgIpc) is 1.63. The van der Waals surface area contributed by atoms with Crippen molar-refractivity contribution in [1.29, 1.82) is 0 Å². The summed E-state index contributed by atoms with van der Waals surface area (Å²) in [5.74, 6) is 4.96. The summed E-state index contributed by atoms with van der Waals surface area (Å²) in [6.07, 6.45) is 10.7. The third kappa shape index (κ3) is 19.5. The second-order valence-electron chi connectivity index (χ2n) is 27.5. The van der Waals surface area contributed by atoms with E-state index in [1.165, 1.54) is 59.8 Å². The summed E-state index contributed by atoms with van der Waals surface area (Å²) < 4.78 is 29.3. The van der Waals surface area contributed by atoms with Crippen molar-refractivity contribution in [2.75, 3.05) is 115 Å². The number of aliphatic hydroxyl groups excluding tert-OH is 8. The highest BCUT2D eigenvalue weighted by atomic mass is 16.6. The molecule has 0 bridgehead atoms. The Morgan fingerprint density at radius 2 is 0.724 bits per heavy atom. The summed E-state index contributed by atoms with van der Waals surface area (Å²) in [7, 11) is 14.6. The monoisotopic (exact) mass is 1620 g/mol. The minimum atomic E-state index is -1.22. The van der Waals surface area contributed by atoms with E-state index in [0.717, 1.165) is 0 Å². The van der Waals surface area contributed by atoms with Crippen molar-refractivity contribution in [3.05, 3.63) is 71.5 Å². The Hall–Kier alpha value is -11.6. The molecule has 4 aliphatic rings. The topological polar surface area (TPSA) is 704 Å². The molecule has 116 heavy (non-hydrogen) atoms. The van der Waals surface area contributed by atoms with Crippen molar-refractivity contribution in [2.45, 2.75) is 148 Å². The van der Waals surface area contributed by atoms with Gasteiger partial charge in [0.05, 0.1) is 100 Å². The number of azide groups is 2. The highest BCUT2D eigenvalue weighted by Gasteiger charge is 2.50. The molecule has 50 nitrogen and oxygen atoms in total. The lowest BCUT2D eigenvalue weighted by atomic mass is 10.1. The average molecular weight is 1620 g/mol. The number of nitrogens with one attached hydrogen (secondary N) is 4. The summed E-state index contributed by atoms with van der Waals surface area (Å²) >= 11 is 0. The number of ether oxygens (including phenoxy) is 4. The van der Waals surface area contributed by atoms with Gasteiger partial charge in [-0.3, -0.25) is 37.4 Å². The van der Waals surface area contributed by atoms with Gasteiger partial charge in [-0.1, -0.05) is 10.2 Å². The SMILES string of the molecule is C#CCC(N)C(=O)NC1C(CO)OC(n2cnc3c(N(C)C)ncnc32)C1O.C#CCCC(N)C(=O)NC1C(CO)OC(n2cnc3c(N(C)C)ncnc32)C1O.CN(C)c1ncnc2c1ncn2C1OC(CO)C(NC(=O)C(N)CCN=[N+]=[N-])C1O.CN(C)c1ncnc2c1ncn2C1OC(CO)C(NC(=O)C(N)CN=[N+]=[N-])C1O. The number of amides is 4. The molecule has 0 radical (unpaired) electrons. The molecule has 4 aliphatic heterocycles. The Morgan fingerprint density at radius 1 is 0.448 bits per heavy atom. The third-order valence-electron chi connectivity index (χ3n) is 18.8. The predicted octanol–water partition coefficient (Wildman–Crippen LogP) is -6.73. The number of imidazole rings is 4. The lowest BCUT2D eigenvalue weighted by Crippen LogP contribution is -2.53. The van der Waals surface area contributed by atoms with Gasteiger partial charge in [0.2, 0.25) is 23.6 Å². The number of nitrogens with two attached hydrogens (primary N) is 4. The van der Waals surface area contributed by atoms with Crippen LogP contribution in [0.25, 0.3) is 65.5 Å². The first kappa shape index (κ1) is 88.3. The van der Waals surface area contributed by atoms with Crippen molar-refractivity contribution in [1.82, 2.24) is 99.3 Å². The number of terminal acetylenes is 2. The van der Waals surface area contributed by atoms with Crippen LogP contribution in [0.1, 0.15) is 50.6 Å². The van der Waals surface area contributed by atoms with Gasteiger partial charge in [-0.15, -0.1) is 24.7 Å². The summed E-state index contributed by atoms with van der Waals surface area (Å²) in [5, 5.41) is 99.0. The Bertz CT molecular complexity index is 4870. The summed E-state index contributed by atoms with van der Waals surface area (Å²) in [4.78, 5) is 112. The van der Waals surface area contributed by atoms with E-state index in [1.807, 2.05) is 56.4 Å². The van der Waals surface area contributed by atoms with Gasteiger partial charge in [0.1, 0.15) is 74.1 Å². The molecule has 0 aliphatic carbocycles. The quantitative estimate of drug-likeness (QED) is 0.00938. The molecule has 4 fully saturated rings. The van der Waals surface area contributed by atoms with E-state index >= 15 is 0 Å². The smallest absolute Gasteiger partial charge is 0.238 e. The van der Waals surface area contributed by atoms with Gasteiger partial charge in [-0.2, -0.15) is 0 Å². The zero-order valence-corrected chi connectivity index (χ0v) is 64.2. The molecule has 624 valence electrons. The highest BCUT2D eigenvalue weighted by molar-refractivity contribution is 5.87. The summed E-state index contributed by atoms with van der Waals surface area (Å²) in [5.41, 5.74) is 43.5. The van der Waals surface area contributed by atoms with Crippen molar-refractivity contribution < 1.29 is 79.0 Å². The Balaban J connectivity index is 0.000000177. The van der Waals surface area contributed by atoms with E-state index in [9.17, 15) is 60.0 Å². The summed E-state index contributed by atoms with van der Waals surface area (Å²) in [6.45, 7) is -1.87. The number of rotatable bonds is 28. The van der Waals surface area contributed by atoms with E-state index in [2.05, 4.69) is 113 Å². The fourth-order valence-corrected chi connectivity index (χ4v) is 12.9. The number of aliphatic hydroxyl groups is 8. The van der Waals surface area contributed by atoms with Crippen LogP contribution in [0.5, 0.6) is 0 Å². The first-order valence-electron chi connectivity index (χ1n) is 35.8. The van der Waals surface area contributed by atoms with Crippen LogP contribution in [0.4, 0.5) is 23.3 Å². The molecule has 0 saturated carbocycles. The van der Waals surface area contributed by atoms with E-state index in [-0.39, 0.29) is 25.9 Å². The normalized spacial score (nSPS) is 24.9. The molecular formula is C66H94N34O16. The molecule has 20 N–H and O–H groups in total. The second kappa shape index (κ2) is 40.1. The van der Waals surface area contributed by atoms with Gasteiger partial charge in [0, 0.05) is 92.1 Å². The molecule has 20 atom stereocenters. The van der Waals surface area contributed by atoms with Gasteiger partial charge < -0.3 is 124 Å². The molecule has 0 aromatic carbocycles. The minimum Gasteiger partial charge on any atom is -0.394 e. The number of aromatic nitrogens is 16. The third-order valence-corrected chi connectivity index (χ3v) is 18.8. The van der Waals surface area contributed by atoms with Crippen LogP contribution in [0.15, 0.2) is 60.8 Å². The lowest BCUT2D eigenvalue weighted by molar-refractivity contribution is -0.125. The molecule has 8 aromatic rings. The van der Waals surface area contributed by atoms with Crippen molar-refractivity contribution >= 4 is 91.6 Å². The van der Waals surface area contributed by atoms with Crippen molar-refractivity contribution in [3.8, 4) is 24.7 Å². The molecule has 4 saturated heterocycles. The molecule has 20 unspecified atom stereocenters. The zero-order chi connectivity index (χ0) is 84.5. The van der Waals surface area contributed by atoms with Crippen LogP contribution < -0.4 is 63.8 Å². The second-order valence-corrected chi connectivity index (χ2v) is 27.5. The molecule has 50 heteroatoms. The fraction of sp³-hybridized carbons (Fsp3) is 0.576. The van der Waals surface area contributed by atoms with Crippen LogP contribution in [-0.4, -0.2) is 336 Å². The Kier molecular flexibility index (Phi) is 30.5. The largest absolute Gasteiger partial charge is 0.394 e. The minimum absolute atomic E-state index is 0.0547. The van der Waals surface area contributed by atoms with Crippen molar-refractivity contribution in [2.24, 2.45) is 33.2 Å². The molecule has 4 amide bonds. The van der Waals surface area contributed by atoms with Gasteiger partial charge in [-0.25, -0.2) is 59.8 Å². The number of fused-ring (bicyclic) bond motifs is 4. The zero-order valence-electron chi connectivity index (χ0n) is 64.2. The van der Waals surface area contributed by atoms with E-state index < -0.39 is 172 Å². The molecule has 8 aromatic heterocycles. The fourth-order valence-electron chi connectivity index (χ4n) is 12.9. The summed E-state index contributed by atoms with van der Waals surface area (Å²) in [6, 6.07) is -7.36. The van der Waals surface area contributed by atoms with Crippen LogP contribution in [0.3, 0.4) is 0 Å². The van der Waals surface area contributed by atoms with Gasteiger partial charge in [0.25, 0.3) is 0 Å². The van der Waals surface area contributed by atoms with Crippen molar-refractivity contribution in [3.63, 3.8) is 0 Å². The number of nitrogens with zero attached hydrogens (tertiary/aromatic N) is 26. The lowest BCUT2D eigenvalue weighted by Gasteiger charge is -2.22. The van der Waals surface area contributed by atoms with Crippen LogP contribution in [0.2, 0.25) is 0 Å². The van der Waals surface area contributed by atoms with E-state index in [0.29, 0.717) is 80.8 Å². The number of hydrogen-bond acceptors (Lipinski definition) is 38. The maximum absolute atomic E-state index is 12.4. The van der Waals surface area contributed by atoms with Crippen LogP contribution >= 0.6 is 0 Å². The maximum atomic E-state index is 12.4. The van der Waals surface area contributed by atoms with E-state index in [1.54, 1.807) is 28.7 Å². The number of anilines is 4. The standard InChI is InChI=1S/C18H25N7O4.C17H23N7O4.C16H24N10O4.C15H22N10O4/c1-4-5-6-10(19)17(28)23-12-11(7-26)29-18(14(12)27)25-9-22-13-15(24(2)3)20-8-21-16(13)25;1-4-5-9(18)16(27)22-11-10(6-25)28-17(13(11)26)24-8-21-12-14(23(2)3)19-7-20-15(12)24;1-25(2)13-11-14(20-6-19-13)26(7-21-11)16-12(28)10(9(5-27)30-16)23-15(29)8(17)3-4-22-24-18;1-24(2)12-10-13(19-5-18-12)25(6-20-10)15-11(27)9(8(4-26)29-15)22-14(28)7(16)3-21-23-17/h1,8-12,14,18,26-27H,5-7,19H2,2-3H3,(H,23,28);1,7-11,13,17,25-26H,5-6,18H2,2-3H3,(H,22,27);6-10,12,16,27-28H,3-5,17H2,1-2H3,(H,23,29);5-9,11,15,26-27H,3-4,16H2,1-2H3,(H,22,28). The van der Waals surface area contributed by atoms with Gasteiger partial charge >= 0.3 is 0 Å². The highest BCUT2D eigenvalue weighted by Crippen LogP contribution is 2.38. The number of hydrogen-bond donors (Lipinski definition) is 16. The number of carbonyl (C=O) groups excluding carboxylic acids is 4. The van der Waals surface area contributed by atoms with Gasteiger partial charge in [0.15, 0.2) is 92.8 Å². The first-order chi connectivity index (χ1) is 55.5. The Labute approximate surface area is 660 Å². The Morgan fingerprint density at radius 3 is 0.983 bits per heavy atom. The first-order valence-corrected chi connectivity index (χ1v) is 35.8. The van der Waals surface area contributed by atoms with Crippen LogP contribution in [-0.2, 0) is 38.1 Å². The molecule has 12 heterocycles.